The van der Waals surface area contributed by atoms with E-state index in [1.807, 2.05) is 42.0 Å². The zero-order chi connectivity index (χ0) is 15.3. The molecule has 0 spiro atoms. The summed E-state index contributed by atoms with van der Waals surface area (Å²) >= 11 is 1.65. The normalized spacial score (nSPS) is 11.8. The van der Waals surface area contributed by atoms with Crippen LogP contribution in [0, 0.1) is 0 Å². The highest BCUT2D eigenvalue weighted by Crippen LogP contribution is 2.32. The number of aromatic nitrogens is 4. The Hall–Kier alpha value is -2.47. The van der Waals surface area contributed by atoms with E-state index in [2.05, 4.69) is 21.0 Å². The standard InChI is InChI=1S/C16H14N4OS/c1-9(2)20-8-17-13-15(20)18-14(19-16(13)21)11-7-22-12-6-4-3-5-10(11)12/h3-9H,1-2H3,(H,18,19,21). The minimum absolute atomic E-state index is 0.199. The van der Waals surface area contributed by atoms with Gasteiger partial charge in [0.05, 0.1) is 6.33 Å². The largest absolute Gasteiger partial charge is 0.313 e. The molecular formula is C16H14N4OS. The summed E-state index contributed by atoms with van der Waals surface area (Å²) in [6, 6.07) is 8.32. The number of thiophene rings is 1. The first kappa shape index (κ1) is 13.2. The molecule has 4 rings (SSSR count). The van der Waals surface area contributed by atoms with Gasteiger partial charge in [-0.3, -0.25) is 4.79 Å². The van der Waals surface area contributed by atoms with Crippen molar-refractivity contribution in [2.75, 3.05) is 0 Å². The molecular weight excluding hydrogens is 296 g/mol. The Kier molecular flexibility index (Phi) is 2.87. The highest BCUT2D eigenvalue weighted by molar-refractivity contribution is 7.17. The van der Waals surface area contributed by atoms with Crippen LogP contribution in [0.1, 0.15) is 19.9 Å². The second kappa shape index (κ2) is 4.78. The van der Waals surface area contributed by atoms with E-state index >= 15 is 0 Å². The number of H-pyrrole nitrogens is 1. The van der Waals surface area contributed by atoms with Crippen molar-refractivity contribution >= 4 is 32.6 Å². The summed E-state index contributed by atoms with van der Waals surface area (Å²) in [7, 11) is 0. The lowest BCUT2D eigenvalue weighted by molar-refractivity contribution is 0.613. The van der Waals surface area contributed by atoms with Gasteiger partial charge in [0.25, 0.3) is 5.56 Å². The van der Waals surface area contributed by atoms with E-state index in [1.165, 1.54) is 4.70 Å². The summed E-state index contributed by atoms with van der Waals surface area (Å²) in [5.74, 6) is 0.595. The molecule has 1 aromatic carbocycles. The van der Waals surface area contributed by atoms with Crippen molar-refractivity contribution < 1.29 is 0 Å². The van der Waals surface area contributed by atoms with Crippen LogP contribution in [-0.4, -0.2) is 19.5 Å². The highest BCUT2D eigenvalue weighted by Gasteiger charge is 2.15. The average Bonchev–Trinajstić information content (AvgIpc) is 3.11. The molecule has 0 atom stereocenters. The molecule has 0 aliphatic heterocycles. The average molecular weight is 310 g/mol. The van der Waals surface area contributed by atoms with Gasteiger partial charge in [0, 0.05) is 27.1 Å². The minimum atomic E-state index is -0.199. The molecule has 0 radical (unpaired) electrons. The fraction of sp³-hybridized carbons (Fsp3) is 0.188. The quantitative estimate of drug-likeness (QED) is 0.615. The second-order valence-corrected chi connectivity index (χ2v) is 6.39. The summed E-state index contributed by atoms with van der Waals surface area (Å²) < 4.78 is 3.10. The van der Waals surface area contributed by atoms with Crippen LogP contribution >= 0.6 is 11.3 Å². The van der Waals surface area contributed by atoms with Gasteiger partial charge in [-0.25, -0.2) is 9.97 Å². The van der Waals surface area contributed by atoms with Crippen molar-refractivity contribution in [3.05, 3.63) is 46.3 Å². The number of hydrogen-bond donors (Lipinski definition) is 1. The molecule has 22 heavy (non-hydrogen) atoms. The van der Waals surface area contributed by atoms with E-state index in [9.17, 15) is 4.79 Å². The SMILES string of the molecule is CC(C)n1cnc2c(=O)[nH]c(-c3csc4ccccc34)nc21. The van der Waals surface area contributed by atoms with Gasteiger partial charge in [0.2, 0.25) is 0 Å². The van der Waals surface area contributed by atoms with Crippen LogP contribution in [0.25, 0.3) is 32.6 Å². The van der Waals surface area contributed by atoms with Gasteiger partial charge in [-0.2, -0.15) is 0 Å². The molecule has 5 nitrogen and oxygen atoms in total. The number of nitrogens with one attached hydrogen (secondary N) is 1. The van der Waals surface area contributed by atoms with Crippen LogP contribution in [0.2, 0.25) is 0 Å². The molecule has 0 fully saturated rings. The summed E-state index contributed by atoms with van der Waals surface area (Å²) in [4.78, 5) is 24.0. The van der Waals surface area contributed by atoms with Crippen molar-refractivity contribution in [3.8, 4) is 11.4 Å². The van der Waals surface area contributed by atoms with Crippen LogP contribution in [-0.2, 0) is 0 Å². The molecule has 0 amide bonds. The van der Waals surface area contributed by atoms with E-state index in [0.717, 1.165) is 10.9 Å². The Morgan fingerprint density at radius 2 is 2.09 bits per heavy atom. The minimum Gasteiger partial charge on any atom is -0.313 e. The van der Waals surface area contributed by atoms with Crippen LogP contribution in [0.3, 0.4) is 0 Å². The molecule has 0 aliphatic carbocycles. The van der Waals surface area contributed by atoms with E-state index in [1.54, 1.807) is 17.7 Å². The van der Waals surface area contributed by atoms with Crippen LogP contribution < -0.4 is 5.56 Å². The number of rotatable bonds is 2. The summed E-state index contributed by atoms with van der Waals surface area (Å²) in [6.07, 6.45) is 1.67. The molecule has 3 aromatic heterocycles. The third kappa shape index (κ3) is 1.88. The molecule has 0 aliphatic rings. The number of nitrogens with zero attached hydrogens (tertiary/aromatic N) is 3. The maximum Gasteiger partial charge on any atom is 0.279 e. The Morgan fingerprint density at radius 3 is 2.91 bits per heavy atom. The van der Waals surface area contributed by atoms with Gasteiger partial charge in [0.15, 0.2) is 11.2 Å². The van der Waals surface area contributed by atoms with E-state index in [0.29, 0.717) is 17.0 Å². The number of fused-ring (bicyclic) bond motifs is 2. The molecule has 0 unspecified atom stereocenters. The van der Waals surface area contributed by atoms with Gasteiger partial charge >= 0.3 is 0 Å². The molecule has 3 heterocycles. The number of imidazole rings is 1. The third-order valence-electron chi connectivity index (χ3n) is 3.72. The number of benzene rings is 1. The first-order valence-electron chi connectivity index (χ1n) is 7.08. The van der Waals surface area contributed by atoms with Crippen LogP contribution in [0.15, 0.2) is 40.8 Å². The Balaban J connectivity index is 2.03. The van der Waals surface area contributed by atoms with Gasteiger partial charge in [-0.15, -0.1) is 11.3 Å². The molecule has 0 saturated carbocycles. The van der Waals surface area contributed by atoms with Gasteiger partial charge in [0.1, 0.15) is 5.82 Å². The van der Waals surface area contributed by atoms with Crippen LogP contribution in [0.5, 0.6) is 0 Å². The van der Waals surface area contributed by atoms with E-state index < -0.39 is 0 Å². The van der Waals surface area contributed by atoms with Gasteiger partial charge in [-0.1, -0.05) is 18.2 Å². The van der Waals surface area contributed by atoms with Crippen molar-refractivity contribution in [1.82, 2.24) is 19.5 Å². The Labute approximate surface area is 130 Å². The number of hydrogen-bond acceptors (Lipinski definition) is 4. The smallest absolute Gasteiger partial charge is 0.279 e. The molecule has 6 heteroatoms. The maximum absolute atomic E-state index is 12.3. The van der Waals surface area contributed by atoms with Crippen molar-refractivity contribution in [2.24, 2.45) is 0 Å². The summed E-state index contributed by atoms with van der Waals surface area (Å²) in [5, 5.41) is 3.14. The lowest BCUT2D eigenvalue weighted by Gasteiger charge is -2.07. The molecule has 0 saturated heterocycles. The maximum atomic E-state index is 12.3. The molecule has 4 aromatic rings. The zero-order valence-corrected chi connectivity index (χ0v) is 13.0. The van der Waals surface area contributed by atoms with E-state index in [4.69, 9.17) is 0 Å². The topological polar surface area (TPSA) is 63.6 Å². The predicted molar refractivity (Wildman–Crippen MR) is 89.4 cm³/mol. The zero-order valence-electron chi connectivity index (χ0n) is 12.2. The summed E-state index contributed by atoms with van der Waals surface area (Å²) in [5.41, 5.74) is 1.77. The third-order valence-corrected chi connectivity index (χ3v) is 4.69. The van der Waals surface area contributed by atoms with Crippen molar-refractivity contribution in [3.63, 3.8) is 0 Å². The van der Waals surface area contributed by atoms with Gasteiger partial charge in [-0.05, 0) is 19.9 Å². The fourth-order valence-electron chi connectivity index (χ4n) is 2.59. The second-order valence-electron chi connectivity index (χ2n) is 5.48. The molecule has 1 N–H and O–H groups in total. The first-order valence-corrected chi connectivity index (χ1v) is 7.96. The van der Waals surface area contributed by atoms with Crippen molar-refractivity contribution in [2.45, 2.75) is 19.9 Å². The highest BCUT2D eigenvalue weighted by atomic mass is 32.1. The lowest BCUT2D eigenvalue weighted by atomic mass is 10.1. The molecule has 110 valence electrons. The Bertz CT molecular complexity index is 1040. The predicted octanol–water partition coefficient (Wildman–Crippen LogP) is 3.58. The van der Waals surface area contributed by atoms with Crippen LogP contribution in [0.4, 0.5) is 0 Å². The fourth-order valence-corrected chi connectivity index (χ4v) is 3.54. The van der Waals surface area contributed by atoms with Crippen molar-refractivity contribution in [1.29, 1.82) is 0 Å². The number of aromatic amines is 1. The Morgan fingerprint density at radius 1 is 1.27 bits per heavy atom. The monoisotopic (exact) mass is 310 g/mol. The lowest BCUT2D eigenvalue weighted by Crippen LogP contribution is -2.11. The summed E-state index contributed by atoms with van der Waals surface area (Å²) in [6.45, 7) is 4.09. The van der Waals surface area contributed by atoms with E-state index in [-0.39, 0.29) is 11.6 Å². The van der Waals surface area contributed by atoms with Gasteiger partial charge < -0.3 is 9.55 Å². The first-order chi connectivity index (χ1) is 10.6. The molecule has 0 bridgehead atoms.